The molecule has 2 rings (SSSR count). The van der Waals surface area contributed by atoms with Crippen molar-refractivity contribution < 1.29 is 9.18 Å². The highest BCUT2D eigenvalue weighted by Crippen LogP contribution is 2.16. The zero-order valence-electron chi connectivity index (χ0n) is 11.8. The second-order valence-corrected chi connectivity index (χ2v) is 5.03. The van der Waals surface area contributed by atoms with E-state index in [-0.39, 0.29) is 30.0 Å². The number of hydrogen-bond donors (Lipinski definition) is 1. The summed E-state index contributed by atoms with van der Waals surface area (Å²) in [4.78, 5) is 14.2. The van der Waals surface area contributed by atoms with Crippen molar-refractivity contribution in [1.82, 2.24) is 10.2 Å². The van der Waals surface area contributed by atoms with Crippen LogP contribution in [0.4, 0.5) is 4.39 Å². The van der Waals surface area contributed by atoms with Gasteiger partial charge in [0.05, 0.1) is 5.92 Å². The van der Waals surface area contributed by atoms with Gasteiger partial charge in [-0.05, 0) is 44.0 Å². The molecule has 0 spiro atoms. The van der Waals surface area contributed by atoms with Crippen molar-refractivity contribution >= 4 is 18.3 Å². The highest BCUT2D eigenvalue weighted by atomic mass is 35.5. The van der Waals surface area contributed by atoms with Crippen LogP contribution in [0.25, 0.3) is 0 Å². The second-order valence-electron chi connectivity index (χ2n) is 5.03. The molecule has 0 aromatic heterocycles. The van der Waals surface area contributed by atoms with E-state index in [0.717, 1.165) is 31.5 Å². The van der Waals surface area contributed by atoms with E-state index in [4.69, 9.17) is 0 Å². The number of amides is 1. The summed E-state index contributed by atoms with van der Waals surface area (Å²) in [6, 6.07) is 6.46. The number of rotatable bonds is 4. The first kappa shape index (κ1) is 16.9. The third-order valence-electron chi connectivity index (χ3n) is 3.60. The summed E-state index contributed by atoms with van der Waals surface area (Å²) in [5, 5.41) is 3.26. The lowest BCUT2D eigenvalue weighted by Gasteiger charge is -2.29. The van der Waals surface area contributed by atoms with Crippen LogP contribution < -0.4 is 5.32 Å². The van der Waals surface area contributed by atoms with E-state index in [0.29, 0.717) is 13.1 Å². The number of carbonyl (C=O) groups is 1. The second kappa shape index (κ2) is 8.22. The zero-order valence-corrected chi connectivity index (χ0v) is 12.6. The van der Waals surface area contributed by atoms with Gasteiger partial charge in [0.15, 0.2) is 0 Å². The summed E-state index contributed by atoms with van der Waals surface area (Å²) in [5.74, 6) is 0.00144. The molecular formula is C15H22ClFN2O. The fraction of sp³-hybridized carbons (Fsp3) is 0.533. The molecule has 1 fully saturated rings. The molecule has 5 heteroatoms. The average Bonchev–Trinajstić information content (AvgIpc) is 2.45. The van der Waals surface area contributed by atoms with Gasteiger partial charge in [-0.2, -0.15) is 0 Å². The normalized spacial score (nSPS) is 18.2. The Bertz CT molecular complexity index is 436. The van der Waals surface area contributed by atoms with Crippen molar-refractivity contribution in [3.05, 3.63) is 35.6 Å². The Morgan fingerprint density at radius 1 is 1.50 bits per heavy atom. The molecule has 1 aliphatic rings. The molecule has 112 valence electrons. The maximum absolute atomic E-state index is 13.2. The largest absolute Gasteiger partial charge is 0.338 e. The lowest BCUT2D eigenvalue weighted by atomic mass is 9.98. The van der Waals surface area contributed by atoms with Crippen LogP contribution in [0.1, 0.15) is 25.3 Å². The van der Waals surface area contributed by atoms with Crippen molar-refractivity contribution in [1.29, 1.82) is 0 Å². The summed E-state index contributed by atoms with van der Waals surface area (Å²) in [7, 11) is 0. The summed E-state index contributed by atoms with van der Waals surface area (Å²) in [6.07, 6.45) is 2.00. The molecule has 1 N–H and O–H groups in total. The zero-order chi connectivity index (χ0) is 13.7. The molecule has 1 aromatic carbocycles. The van der Waals surface area contributed by atoms with Crippen molar-refractivity contribution in [2.45, 2.75) is 26.3 Å². The van der Waals surface area contributed by atoms with Crippen molar-refractivity contribution in [3.63, 3.8) is 0 Å². The van der Waals surface area contributed by atoms with Gasteiger partial charge in [0.2, 0.25) is 5.91 Å². The van der Waals surface area contributed by atoms with Crippen molar-refractivity contribution in [3.8, 4) is 0 Å². The Balaban J connectivity index is 0.00000200. The van der Waals surface area contributed by atoms with Gasteiger partial charge in [-0.25, -0.2) is 4.39 Å². The highest BCUT2D eigenvalue weighted by Gasteiger charge is 2.25. The van der Waals surface area contributed by atoms with E-state index in [1.807, 2.05) is 17.9 Å². The number of carbonyl (C=O) groups excluding carboxylic acids is 1. The van der Waals surface area contributed by atoms with E-state index in [2.05, 4.69) is 5.32 Å². The molecule has 1 saturated heterocycles. The van der Waals surface area contributed by atoms with E-state index in [1.54, 1.807) is 6.07 Å². The van der Waals surface area contributed by atoms with Gasteiger partial charge in [-0.3, -0.25) is 4.79 Å². The number of halogens is 2. The molecule has 1 aromatic rings. The lowest BCUT2D eigenvalue weighted by molar-refractivity contribution is -0.136. The lowest BCUT2D eigenvalue weighted by Crippen LogP contribution is -2.42. The molecule has 0 aliphatic carbocycles. The minimum absolute atomic E-state index is 0. The fourth-order valence-corrected chi connectivity index (χ4v) is 2.52. The average molecular weight is 301 g/mol. The first-order valence-corrected chi connectivity index (χ1v) is 6.94. The smallest absolute Gasteiger partial charge is 0.227 e. The molecule has 0 saturated carbocycles. The molecule has 0 radical (unpaired) electrons. The molecule has 3 nitrogen and oxygen atoms in total. The molecule has 0 unspecified atom stereocenters. The van der Waals surface area contributed by atoms with Gasteiger partial charge < -0.3 is 10.2 Å². The molecule has 1 amide bonds. The monoisotopic (exact) mass is 300 g/mol. The van der Waals surface area contributed by atoms with Gasteiger partial charge in [-0.15, -0.1) is 12.4 Å². The highest BCUT2D eigenvalue weighted by molar-refractivity contribution is 5.85. The Morgan fingerprint density at radius 2 is 2.30 bits per heavy atom. The Labute approximate surface area is 125 Å². The molecule has 1 atom stereocenters. The fourth-order valence-electron chi connectivity index (χ4n) is 2.52. The summed E-state index contributed by atoms with van der Waals surface area (Å²) in [5.41, 5.74) is 0.846. The molecule has 1 heterocycles. The number of nitrogens with zero attached hydrogens (tertiary/aromatic N) is 1. The van der Waals surface area contributed by atoms with Gasteiger partial charge in [0.25, 0.3) is 0 Å². The maximum Gasteiger partial charge on any atom is 0.227 e. The van der Waals surface area contributed by atoms with Crippen molar-refractivity contribution in [2.24, 2.45) is 5.92 Å². The van der Waals surface area contributed by atoms with Gasteiger partial charge in [-0.1, -0.05) is 12.1 Å². The first-order chi connectivity index (χ1) is 9.20. The Kier molecular flexibility index (Phi) is 6.96. The molecule has 20 heavy (non-hydrogen) atoms. The van der Waals surface area contributed by atoms with Crippen LogP contribution in [0.15, 0.2) is 24.3 Å². The summed E-state index contributed by atoms with van der Waals surface area (Å²) >= 11 is 0. The number of piperidine rings is 1. The predicted molar refractivity (Wildman–Crippen MR) is 80.3 cm³/mol. The van der Waals surface area contributed by atoms with E-state index < -0.39 is 0 Å². The van der Waals surface area contributed by atoms with Crippen LogP contribution in [0, 0.1) is 11.7 Å². The van der Waals surface area contributed by atoms with E-state index in [9.17, 15) is 9.18 Å². The quantitative estimate of drug-likeness (QED) is 0.927. The van der Waals surface area contributed by atoms with E-state index in [1.165, 1.54) is 12.1 Å². The van der Waals surface area contributed by atoms with Crippen LogP contribution in [0.2, 0.25) is 0 Å². The summed E-state index contributed by atoms with van der Waals surface area (Å²) < 4.78 is 13.2. The minimum Gasteiger partial charge on any atom is -0.338 e. The van der Waals surface area contributed by atoms with Crippen LogP contribution in [0.3, 0.4) is 0 Å². The first-order valence-electron chi connectivity index (χ1n) is 6.94. The van der Waals surface area contributed by atoms with Crippen LogP contribution in [-0.2, 0) is 11.3 Å². The number of hydrogen-bond acceptors (Lipinski definition) is 2. The third-order valence-corrected chi connectivity index (χ3v) is 3.60. The number of benzene rings is 1. The van der Waals surface area contributed by atoms with Crippen LogP contribution >= 0.6 is 12.4 Å². The minimum atomic E-state index is -0.250. The van der Waals surface area contributed by atoms with E-state index >= 15 is 0 Å². The van der Waals surface area contributed by atoms with Gasteiger partial charge in [0.1, 0.15) is 5.82 Å². The predicted octanol–water partition coefficient (Wildman–Crippen LogP) is 2.60. The third kappa shape index (κ3) is 4.46. The number of nitrogens with one attached hydrogen (secondary N) is 1. The molecule has 1 aliphatic heterocycles. The van der Waals surface area contributed by atoms with Crippen LogP contribution in [-0.4, -0.2) is 30.4 Å². The van der Waals surface area contributed by atoms with Gasteiger partial charge in [0, 0.05) is 19.6 Å². The Morgan fingerprint density at radius 3 is 2.90 bits per heavy atom. The molecule has 0 bridgehead atoms. The SMILES string of the molecule is CCN(Cc1cccc(F)c1)C(=O)[C@@H]1CCCNC1.Cl. The maximum atomic E-state index is 13.2. The molecular weight excluding hydrogens is 279 g/mol. The van der Waals surface area contributed by atoms with Gasteiger partial charge >= 0.3 is 0 Å². The van der Waals surface area contributed by atoms with Crippen molar-refractivity contribution in [2.75, 3.05) is 19.6 Å². The van der Waals surface area contributed by atoms with Crippen LogP contribution in [0.5, 0.6) is 0 Å². The Hall–Kier alpha value is -1.13. The topological polar surface area (TPSA) is 32.3 Å². The standard InChI is InChI=1S/C15H21FN2O.ClH/c1-2-18(11-12-5-3-7-14(16)9-12)15(19)13-6-4-8-17-10-13;/h3,5,7,9,13,17H,2,4,6,8,10-11H2,1H3;1H/t13-;/m1./s1. The summed E-state index contributed by atoms with van der Waals surface area (Å²) in [6.45, 7) is 4.88.